The molecule has 6 nitrogen and oxygen atoms in total. The molecule has 1 saturated carbocycles. The molecule has 1 aromatic heterocycles. The SMILES string of the molecule is O=C(Cl)CCc1ccccc1C[C@@H]1[C@H](c2nc(C(=O)NCCCCC3CCCCC3)co2)[C@H]2CC[C@@H]1O2. The number of halogens is 1. The Bertz CT molecular complexity index is 1060. The van der Waals surface area contributed by atoms with Gasteiger partial charge < -0.3 is 14.5 Å². The number of ether oxygens (including phenoxy) is 1. The average Bonchev–Trinajstić information content (AvgIpc) is 3.65. The first kappa shape index (κ1) is 26.4. The highest BCUT2D eigenvalue weighted by Gasteiger charge is 2.51. The van der Waals surface area contributed by atoms with Gasteiger partial charge in [0.05, 0.1) is 18.1 Å². The lowest BCUT2D eigenvalue weighted by Gasteiger charge is -2.26. The maximum absolute atomic E-state index is 12.7. The smallest absolute Gasteiger partial charge is 0.273 e. The van der Waals surface area contributed by atoms with Crippen molar-refractivity contribution in [2.45, 2.75) is 102 Å². The third-order valence-corrected chi connectivity index (χ3v) is 8.87. The Kier molecular flexibility index (Phi) is 8.98. The summed E-state index contributed by atoms with van der Waals surface area (Å²) < 4.78 is 12.2. The van der Waals surface area contributed by atoms with Gasteiger partial charge >= 0.3 is 0 Å². The van der Waals surface area contributed by atoms with Crippen molar-refractivity contribution in [1.82, 2.24) is 10.3 Å². The first-order chi connectivity index (χ1) is 18.1. The molecule has 2 bridgehead atoms. The van der Waals surface area contributed by atoms with Gasteiger partial charge in [0.2, 0.25) is 11.1 Å². The molecule has 3 heterocycles. The summed E-state index contributed by atoms with van der Waals surface area (Å²) in [7, 11) is 0. The predicted molar refractivity (Wildman–Crippen MR) is 143 cm³/mol. The molecule has 4 atom stereocenters. The molecule has 2 aromatic rings. The molecule has 1 aliphatic carbocycles. The quantitative estimate of drug-likeness (QED) is 0.257. The Balaban J connectivity index is 1.17. The van der Waals surface area contributed by atoms with Gasteiger partial charge in [0.25, 0.3) is 5.91 Å². The zero-order valence-electron chi connectivity index (χ0n) is 21.6. The van der Waals surface area contributed by atoms with Gasteiger partial charge in [-0.1, -0.05) is 69.2 Å². The molecule has 3 fully saturated rings. The molecule has 1 N–H and O–H groups in total. The molecule has 0 unspecified atom stereocenters. The number of fused-ring (bicyclic) bond motifs is 2. The van der Waals surface area contributed by atoms with E-state index in [0.717, 1.165) is 37.2 Å². The van der Waals surface area contributed by atoms with E-state index < -0.39 is 0 Å². The maximum atomic E-state index is 12.7. The Morgan fingerprint density at radius 1 is 1.00 bits per heavy atom. The van der Waals surface area contributed by atoms with Gasteiger partial charge in [-0.25, -0.2) is 4.98 Å². The van der Waals surface area contributed by atoms with Crippen LogP contribution in [0.1, 0.15) is 104 Å². The van der Waals surface area contributed by atoms with Gasteiger partial charge in [0, 0.05) is 18.9 Å². The van der Waals surface area contributed by atoms with E-state index in [1.54, 1.807) is 0 Å². The van der Waals surface area contributed by atoms with E-state index in [1.165, 1.54) is 56.8 Å². The van der Waals surface area contributed by atoms with Crippen LogP contribution in [0.15, 0.2) is 34.9 Å². The Labute approximate surface area is 224 Å². The van der Waals surface area contributed by atoms with Crippen LogP contribution in [0.4, 0.5) is 0 Å². The van der Waals surface area contributed by atoms with Crippen molar-refractivity contribution in [3.63, 3.8) is 0 Å². The number of rotatable bonds is 12. The largest absolute Gasteiger partial charge is 0.448 e. The van der Waals surface area contributed by atoms with E-state index in [4.69, 9.17) is 20.8 Å². The van der Waals surface area contributed by atoms with E-state index in [0.29, 0.717) is 31.0 Å². The number of hydrogen-bond acceptors (Lipinski definition) is 5. The number of benzene rings is 1. The fourth-order valence-electron chi connectivity index (χ4n) is 6.73. The van der Waals surface area contributed by atoms with Crippen molar-refractivity contribution in [2.75, 3.05) is 6.54 Å². The topological polar surface area (TPSA) is 81.4 Å². The predicted octanol–water partition coefficient (Wildman–Crippen LogP) is 6.36. The minimum absolute atomic E-state index is 0.0264. The molecular weight excluding hydrogens is 488 g/mol. The van der Waals surface area contributed by atoms with Gasteiger partial charge in [-0.15, -0.1) is 0 Å². The van der Waals surface area contributed by atoms with Crippen LogP contribution in [0.5, 0.6) is 0 Å². The fourth-order valence-corrected chi connectivity index (χ4v) is 6.83. The van der Waals surface area contributed by atoms with E-state index in [2.05, 4.69) is 22.4 Å². The lowest BCUT2D eigenvalue weighted by atomic mass is 9.75. The van der Waals surface area contributed by atoms with Gasteiger partial charge in [0.1, 0.15) is 6.26 Å². The number of aryl methyl sites for hydroxylation is 1. The third kappa shape index (κ3) is 6.64. The Morgan fingerprint density at radius 2 is 1.78 bits per heavy atom. The lowest BCUT2D eigenvalue weighted by molar-refractivity contribution is -0.111. The molecule has 37 heavy (non-hydrogen) atoms. The summed E-state index contributed by atoms with van der Waals surface area (Å²) in [5, 5.41) is 2.71. The number of hydrogen-bond donors (Lipinski definition) is 1. The summed E-state index contributed by atoms with van der Waals surface area (Å²) in [6.07, 6.45) is 15.9. The average molecular weight is 527 g/mol. The van der Waals surface area contributed by atoms with Gasteiger partial charge in [-0.3, -0.25) is 9.59 Å². The van der Waals surface area contributed by atoms with E-state index in [9.17, 15) is 9.59 Å². The normalized spacial score (nSPS) is 25.4. The third-order valence-electron chi connectivity index (χ3n) is 8.68. The minimum atomic E-state index is -0.314. The zero-order chi connectivity index (χ0) is 25.6. The maximum Gasteiger partial charge on any atom is 0.273 e. The minimum Gasteiger partial charge on any atom is -0.448 e. The van der Waals surface area contributed by atoms with Crippen molar-refractivity contribution in [2.24, 2.45) is 11.8 Å². The lowest BCUT2D eigenvalue weighted by Crippen LogP contribution is -2.28. The number of nitrogens with one attached hydrogen (secondary N) is 1. The molecule has 2 aliphatic heterocycles. The molecule has 0 radical (unpaired) electrons. The second-order valence-corrected chi connectivity index (χ2v) is 11.6. The van der Waals surface area contributed by atoms with Crippen molar-refractivity contribution in [3.8, 4) is 0 Å². The number of aromatic nitrogens is 1. The van der Waals surface area contributed by atoms with Crippen molar-refractivity contribution in [1.29, 1.82) is 0 Å². The first-order valence-electron chi connectivity index (χ1n) is 14.2. The van der Waals surface area contributed by atoms with Crippen LogP contribution in [0.2, 0.25) is 0 Å². The van der Waals surface area contributed by atoms with Crippen LogP contribution in [0, 0.1) is 11.8 Å². The molecule has 1 amide bonds. The summed E-state index contributed by atoms with van der Waals surface area (Å²) in [5.74, 6) is 1.58. The molecule has 7 heteroatoms. The fraction of sp³-hybridized carbons (Fsp3) is 0.633. The highest BCUT2D eigenvalue weighted by molar-refractivity contribution is 6.63. The second-order valence-electron chi connectivity index (χ2n) is 11.1. The molecular formula is C30H39ClN2O4. The Morgan fingerprint density at radius 3 is 2.59 bits per heavy atom. The summed E-state index contributed by atoms with van der Waals surface area (Å²) >= 11 is 5.60. The monoisotopic (exact) mass is 526 g/mol. The standard InChI is InChI=1S/C30H39ClN2O4/c31-27(34)16-13-21-11-4-5-12-22(21)18-23-25-14-15-26(37-25)28(23)30-33-24(19-36-30)29(35)32-17-7-6-10-20-8-2-1-3-9-20/h4-5,11-12,19-20,23,25-26,28H,1-3,6-10,13-18H2,(H,32,35)/t23-,25-,26+,28-/m0/s1. The van der Waals surface area contributed by atoms with Crippen LogP contribution in [0.3, 0.4) is 0 Å². The zero-order valence-corrected chi connectivity index (χ0v) is 22.4. The van der Waals surface area contributed by atoms with Crippen molar-refractivity contribution < 1.29 is 18.7 Å². The van der Waals surface area contributed by atoms with Crippen molar-refractivity contribution in [3.05, 3.63) is 53.2 Å². The number of carbonyl (C=O) groups is 2. The van der Waals surface area contributed by atoms with Gasteiger partial charge in [0.15, 0.2) is 5.69 Å². The molecule has 0 spiro atoms. The van der Waals surface area contributed by atoms with Crippen molar-refractivity contribution >= 4 is 22.8 Å². The summed E-state index contributed by atoms with van der Waals surface area (Å²) in [6.45, 7) is 0.676. The van der Waals surface area contributed by atoms with Gasteiger partial charge in [-0.05, 0) is 60.7 Å². The molecule has 200 valence electrons. The summed E-state index contributed by atoms with van der Waals surface area (Å²) in [6, 6.07) is 8.23. The number of unbranched alkanes of at least 4 members (excludes halogenated alkanes) is 1. The molecule has 1 aromatic carbocycles. The second kappa shape index (κ2) is 12.6. The highest BCUT2D eigenvalue weighted by atomic mass is 35.5. The molecule has 5 rings (SSSR count). The van der Waals surface area contributed by atoms with Crippen LogP contribution in [-0.4, -0.2) is 34.9 Å². The van der Waals surface area contributed by atoms with Gasteiger partial charge in [-0.2, -0.15) is 0 Å². The first-order valence-corrected chi connectivity index (χ1v) is 14.6. The van der Waals surface area contributed by atoms with Crippen LogP contribution >= 0.6 is 11.6 Å². The van der Waals surface area contributed by atoms with Crippen LogP contribution in [-0.2, 0) is 22.4 Å². The summed E-state index contributed by atoms with van der Waals surface area (Å²) in [4.78, 5) is 28.7. The Hall–Kier alpha value is -2.18. The summed E-state index contributed by atoms with van der Waals surface area (Å²) in [5.41, 5.74) is 2.71. The number of amides is 1. The molecule has 3 aliphatic rings. The molecule has 2 saturated heterocycles. The number of oxazole rings is 1. The van der Waals surface area contributed by atoms with E-state index >= 15 is 0 Å². The van der Waals surface area contributed by atoms with E-state index in [-0.39, 0.29) is 35.2 Å². The highest BCUT2D eigenvalue weighted by Crippen LogP contribution is 2.50. The van der Waals surface area contributed by atoms with Crippen LogP contribution < -0.4 is 5.32 Å². The number of carbonyl (C=O) groups excluding carboxylic acids is 2. The van der Waals surface area contributed by atoms with Crippen LogP contribution in [0.25, 0.3) is 0 Å². The number of nitrogens with zero attached hydrogens (tertiary/aromatic N) is 1. The van der Waals surface area contributed by atoms with E-state index in [1.807, 2.05) is 12.1 Å².